The highest BCUT2D eigenvalue weighted by Crippen LogP contribution is 2.30. The van der Waals surface area contributed by atoms with E-state index >= 15 is 0 Å². The van der Waals surface area contributed by atoms with Crippen molar-refractivity contribution >= 4 is 22.8 Å². The second-order valence-corrected chi connectivity index (χ2v) is 7.28. The molecule has 0 fully saturated rings. The van der Waals surface area contributed by atoms with Gasteiger partial charge in [0.15, 0.2) is 0 Å². The van der Waals surface area contributed by atoms with Crippen molar-refractivity contribution in [3.8, 4) is 0 Å². The molecule has 5 heteroatoms. The molecule has 0 spiro atoms. The molecule has 28 heavy (non-hydrogen) atoms. The Labute approximate surface area is 163 Å². The number of aryl methyl sites for hydroxylation is 2. The van der Waals surface area contributed by atoms with E-state index in [0.717, 1.165) is 59.0 Å². The van der Waals surface area contributed by atoms with Crippen molar-refractivity contribution < 1.29 is 14.3 Å². The fourth-order valence-corrected chi connectivity index (χ4v) is 3.76. The Kier molecular flexibility index (Phi) is 4.82. The Bertz CT molecular complexity index is 1070. The minimum absolute atomic E-state index is 0.141. The average molecular weight is 374 g/mol. The first-order valence-corrected chi connectivity index (χ1v) is 9.51. The minimum atomic E-state index is -0.478. The lowest BCUT2D eigenvalue weighted by Crippen LogP contribution is -2.16. The second-order valence-electron chi connectivity index (χ2n) is 7.28. The first kappa shape index (κ1) is 18.2. The van der Waals surface area contributed by atoms with Crippen molar-refractivity contribution in [1.82, 2.24) is 4.98 Å². The number of hydrogen-bond donors (Lipinski definition) is 1. The molecule has 0 saturated heterocycles. The highest BCUT2D eigenvalue weighted by Gasteiger charge is 2.23. The van der Waals surface area contributed by atoms with Crippen LogP contribution >= 0.6 is 0 Å². The average Bonchev–Trinajstić information content (AvgIpc) is 2.70. The van der Waals surface area contributed by atoms with Gasteiger partial charge in [-0.05, 0) is 68.0 Å². The zero-order valence-electron chi connectivity index (χ0n) is 15.8. The summed E-state index contributed by atoms with van der Waals surface area (Å²) in [6, 6.07) is 12.8. The van der Waals surface area contributed by atoms with Crippen LogP contribution in [0.15, 0.2) is 42.5 Å². The lowest BCUT2D eigenvalue weighted by atomic mass is 9.89. The van der Waals surface area contributed by atoms with Crippen molar-refractivity contribution in [1.29, 1.82) is 0 Å². The highest BCUT2D eigenvalue weighted by atomic mass is 16.5. The van der Waals surface area contributed by atoms with Gasteiger partial charge in [-0.1, -0.05) is 23.8 Å². The number of primary amides is 1. The van der Waals surface area contributed by atoms with Gasteiger partial charge in [0, 0.05) is 16.6 Å². The van der Waals surface area contributed by atoms with Gasteiger partial charge in [-0.3, -0.25) is 9.78 Å². The summed E-state index contributed by atoms with van der Waals surface area (Å²) in [5.74, 6) is -0.802. The molecule has 0 aliphatic heterocycles. The molecule has 4 rings (SSSR count). The van der Waals surface area contributed by atoms with Gasteiger partial charge < -0.3 is 10.5 Å². The van der Waals surface area contributed by atoms with Gasteiger partial charge in [-0.15, -0.1) is 0 Å². The molecule has 142 valence electrons. The maximum absolute atomic E-state index is 13.1. The molecule has 0 bridgehead atoms. The van der Waals surface area contributed by atoms with Gasteiger partial charge in [-0.25, -0.2) is 4.79 Å². The largest absolute Gasteiger partial charge is 0.457 e. The lowest BCUT2D eigenvalue weighted by molar-refractivity contribution is 0.0473. The number of hydrogen-bond acceptors (Lipinski definition) is 4. The maximum Gasteiger partial charge on any atom is 0.339 e. The van der Waals surface area contributed by atoms with Crippen molar-refractivity contribution in [2.75, 3.05) is 0 Å². The number of esters is 1. The Balaban J connectivity index is 1.66. The topological polar surface area (TPSA) is 82.3 Å². The van der Waals surface area contributed by atoms with E-state index in [-0.39, 0.29) is 12.6 Å². The van der Waals surface area contributed by atoms with Crippen molar-refractivity contribution in [3.63, 3.8) is 0 Å². The third-order valence-corrected chi connectivity index (χ3v) is 5.23. The number of amides is 1. The van der Waals surface area contributed by atoms with E-state index in [9.17, 15) is 9.59 Å². The molecule has 5 nitrogen and oxygen atoms in total. The number of pyridine rings is 1. The monoisotopic (exact) mass is 374 g/mol. The van der Waals surface area contributed by atoms with Crippen LogP contribution in [0.25, 0.3) is 10.9 Å². The van der Waals surface area contributed by atoms with Crippen LogP contribution in [0.4, 0.5) is 0 Å². The summed E-state index contributed by atoms with van der Waals surface area (Å²) in [6.45, 7) is 2.15. The first-order chi connectivity index (χ1) is 13.5. The van der Waals surface area contributed by atoms with Crippen molar-refractivity contribution in [3.05, 3.63) is 76.0 Å². The molecule has 1 aliphatic rings. The van der Waals surface area contributed by atoms with Crippen LogP contribution in [0.1, 0.15) is 55.9 Å². The fraction of sp³-hybridized carbons (Fsp3) is 0.261. The van der Waals surface area contributed by atoms with Gasteiger partial charge in [-0.2, -0.15) is 0 Å². The number of ether oxygens (including phenoxy) is 1. The van der Waals surface area contributed by atoms with E-state index in [1.807, 2.05) is 25.1 Å². The normalized spacial score (nSPS) is 13.2. The van der Waals surface area contributed by atoms with E-state index in [1.54, 1.807) is 24.3 Å². The lowest BCUT2D eigenvalue weighted by Gasteiger charge is -2.20. The summed E-state index contributed by atoms with van der Waals surface area (Å²) in [7, 11) is 0. The molecular formula is C23H22N2O3. The third-order valence-electron chi connectivity index (χ3n) is 5.23. The Morgan fingerprint density at radius 1 is 1.07 bits per heavy atom. The first-order valence-electron chi connectivity index (χ1n) is 9.51. The van der Waals surface area contributed by atoms with Crippen molar-refractivity contribution in [2.24, 2.45) is 5.73 Å². The van der Waals surface area contributed by atoms with Gasteiger partial charge >= 0.3 is 5.97 Å². The summed E-state index contributed by atoms with van der Waals surface area (Å²) >= 11 is 0. The SMILES string of the molecule is Cc1ccc2nc3c(c(C(=O)OCc4ccc(C(N)=O)cc4)c2c1)CCCC3. The Hall–Kier alpha value is -3.21. The van der Waals surface area contributed by atoms with E-state index in [0.29, 0.717) is 11.1 Å². The summed E-state index contributed by atoms with van der Waals surface area (Å²) in [5, 5.41) is 0.856. The molecule has 1 aromatic heterocycles. The number of nitrogens with zero attached hydrogens (tertiary/aromatic N) is 1. The van der Waals surface area contributed by atoms with Crippen LogP contribution in [0.3, 0.4) is 0 Å². The van der Waals surface area contributed by atoms with Crippen LogP contribution in [-0.4, -0.2) is 16.9 Å². The number of benzene rings is 2. The van der Waals surface area contributed by atoms with Crippen LogP contribution < -0.4 is 5.73 Å². The second kappa shape index (κ2) is 7.43. The van der Waals surface area contributed by atoms with Crippen LogP contribution in [0, 0.1) is 6.92 Å². The molecule has 3 aromatic rings. The number of nitrogens with two attached hydrogens (primary N) is 1. The molecule has 1 heterocycles. The van der Waals surface area contributed by atoms with Gasteiger partial charge in [0.25, 0.3) is 0 Å². The predicted octanol–water partition coefficient (Wildman–Crippen LogP) is 3.88. The molecule has 1 aliphatic carbocycles. The highest BCUT2D eigenvalue weighted by molar-refractivity contribution is 6.05. The van der Waals surface area contributed by atoms with Crippen LogP contribution in [-0.2, 0) is 24.2 Å². The minimum Gasteiger partial charge on any atom is -0.457 e. The number of carbonyl (C=O) groups excluding carboxylic acids is 2. The molecule has 2 N–H and O–H groups in total. The number of carbonyl (C=O) groups is 2. The van der Waals surface area contributed by atoms with E-state index in [4.69, 9.17) is 15.5 Å². The van der Waals surface area contributed by atoms with Gasteiger partial charge in [0.1, 0.15) is 6.61 Å². The summed E-state index contributed by atoms with van der Waals surface area (Å²) in [6.07, 6.45) is 3.90. The van der Waals surface area contributed by atoms with Crippen molar-refractivity contribution in [2.45, 2.75) is 39.2 Å². The Morgan fingerprint density at radius 3 is 2.57 bits per heavy atom. The molecular weight excluding hydrogens is 352 g/mol. The molecule has 1 amide bonds. The number of fused-ring (bicyclic) bond motifs is 2. The summed E-state index contributed by atoms with van der Waals surface area (Å²) in [5.41, 5.74) is 11.1. The zero-order valence-corrected chi connectivity index (χ0v) is 15.8. The van der Waals surface area contributed by atoms with Crippen LogP contribution in [0.5, 0.6) is 0 Å². The van der Waals surface area contributed by atoms with E-state index in [1.165, 1.54) is 0 Å². The quantitative estimate of drug-likeness (QED) is 0.703. The summed E-state index contributed by atoms with van der Waals surface area (Å²) in [4.78, 5) is 29.0. The molecule has 0 saturated carbocycles. The van der Waals surface area contributed by atoms with Gasteiger partial charge in [0.2, 0.25) is 5.91 Å². The zero-order chi connectivity index (χ0) is 19.7. The van der Waals surface area contributed by atoms with E-state index in [2.05, 4.69) is 0 Å². The molecule has 0 atom stereocenters. The number of rotatable bonds is 4. The third kappa shape index (κ3) is 3.48. The number of aromatic nitrogens is 1. The molecule has 2 aromatic carbocycles. The predicted molar refractivity (Wildman–Crippen MR) is 107 cm³/mol. The van der Waals surface area contributed by atoms with Gasteiger partial charge in [0.05, 0.1) is 11.1 Å². The van der Waals surface area contributed by atoms with Crippen LogP contribution in [0.2, 0.25) is 0 Å². The molecule has 0 unspecified atom stereocenters. The molecule has 0 radical (unpaired) electrons. The smallest absolute Gasteiger partial charge is 0.339 e. The fourth-order valence-electron chi connectivity index (χ4n) is 3.76. The maximum atomic E-state index is 13.1. The Morgan fingerprint density at radius 2 is 1.82 bits per heavy atom. The standard InChI is InChI=1S/C23H22N2O3/c1-14-6-11-20-18(12-14)21(17-4-2-3-5-19(17)25-20)23(27)28-13-15-7-9-16(10-8-15)22(24)26/h6-12H,2-5,13H2,1H3,(H2,24,26). The summed E-state index contributed by atoms with van der Waals surface area (Å²) < 4.78 is 5.65. The van der Waals surface area contributed by atoms with E-state index < -0.39 is 5.91 Å².